The van der Waals surface area contributed by atoms with Crippen LogP contribution < -0.4 is 9.64 Å². The maximum Gasteiger partial charge on any atom is 0.305 e. The molecule has 0 radical (unpaired) electrons. The number of nitrogens with zero attached hydrogens (tertiary/aromatic N) is 1. The van der Waals surface area contributed by atoms with Gasteiger partial charge in [0.1, 0.15) is 11.9 Å². The van der Waals surface area contributed by atoms with Gasteiger partial charge in [0, 0.05) is 6.54 Å². The second kappa shape index (κ2) is 6.37. The van der Waals surface area contributed by atoms with Crippen molar-refractivity contribution in [1.29, 1.82) is 0 Å². The predicted octanol–water partition coefficient (Wildman–Crippen LogP) is 3.51. The highest BCUT2D eigenvalue weighted by molar-refractivity contribution is 5.69. The quantitative estimate of drug-likeness (QED) is 0.902. The van der Waals surface area contributed by atoms with Gasteiger partial charge in [-0.1, -0.05) is 33.8 Å². The molecule has 0 aromatic heterocycles. The van der Waals surface area contributed by atoms with Crippen LogP contribution >= 0.6 is 0 Å². The van der Waals surface area contributed by atoms with Gasteiger partial charge in [0.15, 0.2) is 0 Å². The number of aliphatic carboxylic acids is 1. The van der Waals surface area contributed by atoms with Crippen molar-refractivity contribution in [1.82, 2.24) is 0 Å². The minimum Gasteiger partial charge on any atom is -0.486 e. The van der Waals surface area contributed by atoms with Crippen molar-refractivity contribution in [2.24, 2.45) is 5.92 Å². The number of anilines is 1. The van der Waals surface area contributed by atoms with Gasteiger partial charge in [-0.3, -0.25) is 4.79 Å². The first kappa shape index (κ1) is 15.7. The van der Waals surface area contributed by atoms with Crippen LogP contribution in [0.25, 0.3) is 0 Å². The molecule has 1 aliphatic heterocycles. The Hall–Kier alpha value is -1.71. The summed E-state index contributed by atoms with van der Waals surface area (Å²) in [6.45, 7) is 9.85. The summed E-state index contributed by atoms with van der Waals surface area (Å²) in [6, 6.07) is 6.26. The van der Waals surface area contributed by atoms with Crippen LogP contribution in [-0.2, 0) is 4.79 Å². The lowest BCUT2D eigenvalue weighted by Gasteiger charge is -2.38. The average molecular weight is 291 g/mol. The number of hydrogen-bond acceptors (Lipinski definition) is 3. The van der Waals surface area contributed by atoms with Gasteiger partial charge in [0.05, 0.1) is 18.7 Å². The molecular weight excluding hydrogens is 266 g/mol. The van der Waals surface area contributed by atoms with E-state index < -0.39 is 5.97 Å². The molecule has 4 heteroatoms. The van der Waals surface area contributed by atoms with Gasteiger partial charge in [-0.25, -0.2) is 0 Å². The molecule has 2 rings (SSSR count). The second-order valence-electron chi connectivity index (χ2n) is 6.37. The highest BCUT2D eigenvalue weighted by atomic mass is 16.5. The van der Waals surface area contributed by atoms with E-state index in [2.05, 4.69) is 44.7 Å². The van der Waals surface area contributed by atoms with Crippen molar-refractivity contribution in [3.8, 4) is 5.75 Å². The summed E-state index contributed by atoms with van der Waals surface area (Å²) in [6.07, 6.45) is 0.257. The van der Waals surface area contributed by atoms with E-state index in [1.165, 1.54) is 5.56 Å². The monoisotopic (exact) mass is 291 g/mol. The molecule has 1 atom stereocenters. The van der Waals surface area contributed by atoms with E-state index in [0.717, 1.165) is 18.0 Å². The van der Waals surface area contributed by atoms with Gasteiger partial charge < -0.3 is 14.7 Å². The molecule has 0 fully saturated rings. The lowest BCUT2D eigenvalue weighted by Crippen LogP contribution is -2.43. The SMILES string of the molecule is CC(C)c1ccc2c(c1)N(CCC(=O)O)CC(C(C)C)O2. The maximum atomic E-state index is 10.9. The molecular formula is C17H25NO3. The topological polar surface area (TPSA) is 49.8 Å². The Morgan fingerprint density at radius 1 is 1.38 bits per heavy atom. The van der Waals surface area contributed by atoms with Crippen LogP contribution in [0.15, 0.2) is 18.2 Å². The summed E-state index contributed by atoms with van der Waals surface area (Å²) in [7, 11) is 0. The van der Waals surface area contributed by atoms with Crippen LogP contribution in [0.5, 0.6) is 5.75 Å². The van der Waals surface area contributed by atoms with Gasteiger partial charge in [-0.05, 0) is 29.5 Å². The van der Waals surface area contributed by atoms with E-state index >= 15 is 0 Å². The fraction of sp³-hybridized carbons (Fsp3) is 0.588. The number of rotatable bonds is 5. The molecule has 0 amide bonds. The Balaban J connectivity index is 2.30. The van der Waals surface area contributed by atoms with E-state index in [9.17, 15) is 4.79 Å². The average Bonchev–Trinajstić information content (AvgIpc) is 2.43. The van der Waals surface area contributed by atoms with Crippen molar-refractivity contribution in [2.45, 2.75) is 46.1 Å². The van der Waals surface area contributed by atoms with E-state index in [1.54, 1.807) is 0 Å². The Morgan fingerprint density at radius 2 is 2.10 bits per heavy atom. The third-order valence-electron chi connectivity index (χ3n) is 4.01. The van der Waals surface area contributed by atoms with Gasteiger partial charge in [0.2, 0.25) is 0 Å². The Labute approximate surface area is 126 Å². The van der Waals surface area contributed by atoms with Gasteiger partial charge in [0.25, 0.3) is 0 Å². The highest BCUT2D eigenvalue weighted by Gasteiger charge is 2.28. The van der Waals surface area contributed by atoms with Crippen LogP contribution in [0.4, 0.5) is 5.69 Å². The number of benzene rings is 1. The molecule has 1 aromatic carbocycles. The summed E-state index contributed by atoms with van der Waals surface area (Å²) >= 11 is 0. The molecule has 0 spiro atoms. The van der Waals surface area contributed by atoms with Gasteiger partial charge >= 0.3 is 5.97 Å². The van der Waals surface area contributed by atoms with E-state index in [4.69, 9.17) is 9.84 Å². The number of ether oxygens (including phenoxy) is 1. The first-order valence-corrected chi connectivity index (χ1v) is 7.65. The lowest BCUT2D eigenvalue weighted by atomic mass is 9.99. The van der Waals surface area contributed by atoms with Gasteiger partial charge in [-0.2, -0.15) is 0 Å². The molecule has 1 aromatic rings. The van der Waals surface area contributed by atoms with E-state index in [-0.39, 0.29) is 12.5 Å². The normalized spacial score (nSPS) is 17.8. The standard InChI is InChI=1S/C17H25NO3/c1-11(2)13-5-6-15-14(9-13)18(8-7-17(19)20)10-16(21-15)12(3)4/h5-6,9,11-12,16H,7-8,10H2,1-4H3,(H,19,20). The summed E-state index contributed by atoms with van der Waals surface area (Å²) in [5.74, 6) is 0.952. The van der Waals surface area contributed by atoms with Crippen molar-refractivity contribution in [3.05, 3.63) is 23.8 Å². The van der Waals surface area contributed by atoms with Crippen LogP contribution in [0, 0.1) is 5.92 Å². The van der Waals surface area contributed by atoms with Crippen LogP contribution in [-0.4, -0.2) is 30.3 Å². The largest absolute Gasteiger partial charge is 0.486 e. The summed E-state index contributed by atoms with van der Waals surface area (Å²) in [5.41, 5.74) is 2.28. The lowest BCUT2D eigenvalue weighted by molar-refractivity contribution is -0.136. The fourth-order valence-electron chi connectivity index (χ4n) is 2.55. The zero-order chi connectivity index (χ0) is 15.6. The Morgan fingerprint density at radius 3 is 2.67 bits per heavy atom. The minimum atomic E-state index is -0.760. The second-order valence-corrected chi connectivity index (χ2v) is 6.37. The third kappa shape index (κ3) is 3.69. The van der Waals surface area contributed by atoms with Gasteiger partial charge in [-0.15, -0.1) is 0 Å². The van der Waals surface area contributed by atoms with Crippen molar-refractivity contribution in [2.75, 3.05) is 18.0 Å². The zero-order valence-corrected chi connectivity index (χ0v) is 13.3. The zero-order valence-electron chi connectivity index (χ0n) is 13.3. The van der Waals surface area contributed by atoms with Crippen molar-refractivity contribution < 1.29 is 14.6 Å². The van der Waals surface area contributed by atoms with Crippen LogP contribution in [0.3, 0.4) is 0 Å². The first-order chi connectivity index (χ1) is 9.88. The number of carboxylic acid groups (broad SMARTS) is 1. The fourth-order valence-corrected chi connectivity index (χ4v) is 2.55. The predicted molar refractivity (Wildman–Crippen MR) is 84.3 cm³/mol. The number of fused-ring (bicyclic) bond motifs is 1. The number of carboxylic acids is 1. The Kier molecular flexibility index (Phi) is 4.76. The number of hydrogen-bond donors (Lipinski definition) is 1. The summed E-state index contributed by atoms with van der Waals surface area (Å²) < 4.78 is 6.08. The molecule has 4 nitrogen and oxygen atoms in total. The molecule has 1 N–H and O–H groups in total. The molecule has 1 aliphatic rings. The third-order valence-corrected chi connectivity index (χ3v) is 4.01. The van der Waals surface area contributed by atoms with Crippen LogP contribution in [0.1, 0.15) is 45.6 Å². The highest BCUT2D eigenvalue weighted by Crippen LogP contribution is 2.37. The van der Waals surface area contributed by atoms with Crippen molar-refractivity contribution in [3.63, 3.8) is 0 Å². The summed E-state index contributed by atoms with van der Waals surface area (Å²) in [5, 5.41) is 8.95. The molecule has 1 unspecified atom stereocenters. The number of carbonyl (C=O) groups is 1. The maximum absolute atomic E-state index is 10.9. The minimum absolute atomic E-state index is 0.108. The molecule has 0 saturated carbocycles. The molecule has 1 heterocycles. The van der Waals surface area contributed by atoms with Crippen LogP contribution in [0.2, 0.25) is 0 Å². The summed E-state index contributed by atoms with van der Waals surface area (Å²) in [4.78, 5) is 13.0. The van der Waals surface area contributed by atoms with E-state index in [1.807, 2.05) is 6.07 Å². The van der Waals surface area contributed by atoms with E-state index in [0.29, 0.717) is 18.4 Å². The molecule has 116 valence electrons. The van der Waals surface area contributed by atoms with Crippen molar-refractivity contribution >= 4 is 11.7 Å². The Bertz CT molecular complexity index is 511. The first-order valence-electron chi connectivity index (χ1n) is 7.65. The smallest absolute Gasteiger partial charge is 0.305 e. The molecule has 0 aliphatic carbocycles. The molecule has 0 saturated heterocycles. The molecule has 0 bridgehead atoms. The molecule has 21 heavy (non-hydrogen) atoms.